The van der Waals surface area contributed by atoms with Crippen molar-refractivity contribution >= 4 is 23.2 Å². The molecule has 0 fully saturated rings. The van der Waals surface area contributed by atoms with Gasteiger partial charge in [-0.05, 0) is 13.8 Å². The number of hydrogen-bond donors (Lipinski definition) is 1. The summed E-state index contributed by atoms with van der Waals surface area (Å²) in [7, 11) is 3.11. The summed E-state index contributed by atoms with van der Waals surface area (Å²) in [5.41, 5.74) is 5.55. The van der Waals surface area contributed by atoms with E-state index in [1.54, 1.807) is 20.3 Å². The second-order valence-electron chi connectivity index (χ2n) is 4.26. The summed E-state index contributed by atoms with van der Waals surface area (Å²) in [6.07, 6.45) is 0.608. The van der Waals surface area contributed by atoms with Gasteiger partial charge in [0.2, 0.25) is 17.7 Å². The topological polar surface area (TPSA) is 73.5 Å². The molecule has 0 aliphatic carbocycles. The second kappa shape index (κ2) is 7.08. The third kappa shape index (κ3) is 4.51. The van der Waals surface area contributed by atoms with Crippen molar-refractivity contribution in [3.8, 4) is 11.8 Å². The predicted octanol–water partition coefficient (Wildman–Crippen LogP) is 1.38. The van der Waals surface area contributed by atoms with E-state index in [-0.39, 0.29) is 6.04 Å². The van der Waals surface area contributed by atoms with Crippen LogP contribution in [0.15, 0.2) is 6.07 Å². The van der Waals surface area contributed by atoms with Crippen LogP contribution in [0.4, 0.5) is 5.95 Å². The lowest BCUT2D eigenvalue weighted by Crippen LogP contribution is -2.35. The molecular formula is C12H20N4O2S. The fraction of sp³-hybridized carbons (Fsp3) is 0.583. The molecule has 0 aliphatic heterocycles. The van der Waals surface area contributed by atoms with Gasteiger partial charge < -0.3 is 20.1 Å². The zero-order valence-corrected chi connectivity index (χ0v) is 12.5. The average Bonchev–Trinajstić information content (AvgIpc) is 2.37. The number of methoxy groups -OCH3 is 2. The van der Waals surface area contributed by atoms with Crippen molar-refractivity contribution in [3.63, 3.8) is 0 Å². The van der Waals surface area contributed by atoms with Gasteiger partial charge in [-0.15, -0.1) is 0 Å². The molecule has 0 spiro atoms. The van der Waals surface area contributed by atoms with Gasteiger partial charge in [0.05, 0.1) is 25.3 Å². The van der Waals surface area contributed by atoms with Crippen LogP contribution in [0, 0.1) is 0 Å². The largest absolute Gasteiger partial charge is 0.481 e. The lowest BCUT2D eigenvalue weighted by molar-refractivity contribution is 0.371. The van der Waals surface area contributed by atoms with Crippen molar-refractivity contribution in [1.82, 2.24) is 9.97 Å². The molecule has 0 aromatic carbocycles. The SMILES string of the molecule is COc1cc(OC)nc(N(CCC(N)=S)C(C)C)n1. The van der Waals surface area contributed by atoms with E-state index in [1.807, 2.05) is 4.90 Å². The van der Waals surface area contributed by atoms with Crippen LogP contribution >= 0.6 is 12.2 Å². The molecule has 6 nitrogen and oxygen atoms in total. The fourth-order valence-electron chi connectivity index (χ4n) is 1.55. The quantitative estimate of drug-likeness (QED) is 0.758. The highest BCUT2D eigenvalue weighted by molar-refractivity contribution is 7.80. The van der Waals surface area contributed by atoms with Crippen LogP contribution in [-0.4, -0.2) is 41.8 Å². The molecule has 1 aromatic rings. The van der Waals surface area contributed by atoms with Gasteiger partial charge in [-0.2, -0.15) is 9.97 Å². The zero-order chi connectivity index (χ0) is 14.4. The standard InChI is InChI=1S/C12H20N4O2S/c1-8(2)16(6-5-9(13)19)12-14-10(17-3)7-11(15-12)18-4/h7-8H,5-6H2,1-4H3,(H2,13,19). The number of anilines is 1. The van der Waals surface area contributed by atoms with E-state index < -0.39 is 0 Å². The van der Waals surface area contributed by atoms with E-state index in [0.29, 0.717) is 35.7 Å². The molecule has 1 aromatic heterocycles. The monoisotopic (exact) mass is 284 g/mol. The van der Waals surface area contributed by atoms with Crippen LogP contribution in [-0.2, 0) is 0 Å². The minimum atomic E-state index is 0.214. The van der Waals surface area contributed by atoms with Gasteiger partial charge in [0.25, 0.3) is 0 Å². The molecule has 0 saturated heterocycles. The van der Waals surface area contributed by atoms with Gasteiger partial charge in [0.15, 0.2) is 0 Å². The number of ether oxygens (including phenoxy) is 2. The lowest BCUT2D eigenvalue weighted by atomic mass is 10.3. The Labute approximate surface area is 118 Å². The first-order valence-corrected chi connectivity index (χ1v) is 6.40. The highest BCUT2D eigenvalue weighted by Crippen LogP contribution is 2.21. The molecule has 0 radical (unpaired) electrons. The van der Waals surface area contributed by atoms with E-state index in [1.165, 1.54) is 0 Å². The van der Waals surface area contributed by atoms with Crippen molar-refractivity contribution in [2.75, 3.05) is 25.7 Å². The minimum absolute atomic E-state index is 0.214. The van der Waals surface area contributed by atoms with Crippen molar-refractivity contribution in [3.05, 3.63) is 6.07 Å². The molecule has 106 valence electrons. The smallest absolute Gasteiger partial charge is 0.232 e. The summed E-state index contributed by atoms with van der Waals surface area (Å²) in [4.78, 5) is 11.1. The lowest BCUT2D eigenvalue weighted by Gasteiger charge is -2.26. The zero-order valence-electron chi connectivity index (χ0n) is 11.7. The molecule has 1 rings (SSSR count). The van der Waals surface area contributed by atoms with Crippen molar-refractivity contribution in [2.24, 2.45) is 5.73 Å². The van der Waals surface area contributed by atoms with Crippen molar-refractivity contribution in [1.29, 1.82) is 0 Å². The third-order valence-electron chi connectivity index (χ3n) is 2.56. The average molecular weight is 284 g/mol. The molecule has 0 amide bonds. The van der Waals surface area contributed by atoms with Gasteiger partial charge in [0.1, 0.15) is 0 Å². The fourth-order valence-corrected chi connectivity index (χ4v) is 1.64. The summed E-state index contributed by atoms with van der Waals surface area (Å²) in [5.74, 6) is 1.47. The Morgan fingerprint density at radius 3 is 2.21 bits per heavy atom. The molecule has 7 heteroatoms. The summed E-state index contributed by atoms with van der Waals surface area (Å²) in [6, 6.07) is 1.85. The summed E-state index contributed by atoms with van der Waals surface area (Å²) in [6.45, 7) is 4.76. The number of thiocarbonyl (C=S) groups is 1. The summed E-state index contributed by atoms with van der Waals surface area (Å²) >= 11 is 4.91. The number of rotatable bonds is 7. The molecule has 2 N–H and O–H groups in total. The van der Waals surface area contributed by atoms with E-state index in [0.717, 1.165) is 0 Å². The molecule has 0 unspecified atom stereocenters. The van der Waals surface area contributed by atoms with Crippen LogP contribution in [0.3, 0.4) is 0 Å². The van der Waals surface area contributed by atoms with Crippen molar-refractivity contribution < 1.29 is 9.47 Å². The predicted molar refractivity (Wildman–Crippen MR) is 79.0 cm³/mol. The van der Waals surface area contributed by atoms with Crippen LogP contribution in [0.1, 0.15) is 20.3 Å². The Morgan fingerprint density at radius 2 is 1.84 bits per heavy atom. The maximum absolute atomic E-state index is 5.55. The van der Waals surface area contributed by atoms with Crippen LogP contribution in [0.5, 0.6) is 11.8 Å². The Bertz CT molecular complexity index is 417. The van der Waals surface area contributed by atoms with Gasteiger partial charge >= 0.3 is 0 Å². The number of aromatic nitrogens is 2. The molecular weight excluding hydrogens is 264 g/mol. The Morgan fingerprint density at radius 1 is 1.32 bits per heavy atom. The molecule has 1 heterocycles. The summed E-state index contributed by atoms with van der Waals surface area (Å²) in [5, 5.41) is 0. The maximum atomic E-state index is 5.55. The van der Waals surface area contributed by atoms with Crippen LogP contribution in [0.25, 0.3) is 0 Å². The van der Waals surface area contributed by atoms with Gasteiger partial charge in [-0.25, -0.2) is 0 Å². The van der Waals surface area contributed by atoms with Crippen molar-refractivity contribution in [2.45, 2.75) is 26.3 Å². The minimum Gasteiger partial charge on any atom is -0.481 e. The van der Waals surface area contributed by atoms with Crippen LogP contribution in [0.2, 0.25) is 0 Å². The highest BCUT2D eigenvalue weighted by atomic mass is 32.1. The first-order valence-electron chi connectivity index (χ1n) is 6.00. The Kier molecular flexibility index (Phi) is 5.75. The number of nitrogens with two attached hydrogens (primary N) is 1. The third-order valence-corrected chi connectivity index (χ3v) is 2.77. The normalized spacial score (nSPS) is 10.4. The second-order valence-corrected chi connectivity index (χ2v) is 4.78. The first kappa shape index (κ1) is 15.4. The number of nitrogens with zero attached hydrogens (tertiary/aromatic N) is 3. The Balaban J connectivity index is 3.03. The summed E-state index contributed by atoms with van der Waals surface area (Å²) < 4.78 is 10.3. The molecule has 0 aliphatic rings. The molecule has 0 bridgehead atoms. The van der Waals surface area contributed by atoms with Crippen LogP contribution < -0.4 is 20.1 Å². The van der Waals surface area contributed by atoms with Gasteiger partial charge in [-0.1, -0.05) is 12.2 Å². The maximum Gasteiger partial charge on any atom is 0.232 e. The first-order chi connectivity index (χ1) is 8.97. The van der Waals surface area contributed by atoms with E-state index in [9.17, 15) is 0 Å². The van der Waals surface area contributed by atoms with E-state index >= 15 is 0 Å². The van der Waals surface area contributed by atoms with E-state index in [2.05, 4.69) is 23.8 Å². The van der Waals surface area contributed by atoms with Gasteiger partial charge in [-0.3, -0.25) is 0 Å². The molecule has 0 saturated carbocycles. The Hall–Kier alpha value is -1.63. The number of hydrogen-bond acceptors (Lipinski definition) is 6. The molecule has 19 heavy (non-hydrogen) atoms. The van der Waals surface area contributed by atoms with Gasteiger partial charge in [0, 0.05) is 19.0 Å². The van der Waals surface area contributed by atoms with E-state index in [4.69, 9.17) is 27.4 Å². The molecule has 0 atom stereocenters. The highest BCUT2D eigenvalue weighted by Gasteiger charge is 2.16.